The minimum absolute atomic E-state index is 0. The lowest BCUT2D eigenvalue weighted by molar-refractivity contribution is -0.168. The maximum Gasteiger partial charge on any atom is 0.191 e. The maximum absolute atomic E-state index is 6.00. The highest BCUT2D eigenvalue weighted by molar-refractivity contribution is 14.0. The first-order valence-corrected chi connectivity index (χ1v) is 11.6. The average molecular weight is 527 g/mol. The van der Waals surface area contributed by atoms with Crippen LogP contribution in [0.3, 0.4) is 0 Å². The van der Waals surface area contributed by atoms with Gasteiger partial charge in [-0.2, -0.15) is 0 Å². The Balaban J connectivity index is 0.00000256. The van der Waals surface area contributed by atoms with Crippen molar-refractivity contribution in [3.05, 3.63) is 35.9 Å². The number of halogens is 1. The topological polar surface area (TPSA) is 48.9 Å². The van der Waals surface area contributed by atoms with E-state index < -0.39 is 0 Å². The molecule has 3 aliphatic rings. The number of nitrogens with one attached hydrogen (secondary N) is 2. The molecule has 6 heteroatoms. The molecule has 3 unspecified atom stereocenters. The number of likely N-dealkylation sites (tertiary alicyclic amines) is 1. The van der Waals surface area contributed by atoms with Crippen molar-refractivity contribution in [1.82, 2.24) is 15.5 Å². The molecule has 2 saturated carbocycles. The van der Waals surface area contributed by atoms with Crippen LogP contribution in [0, 0.1) is 5.41 Å². The highest BCUT2D eigenvalue weighted by atomic mass is 127. The Hall–Kier alpha value is -0.860. The van der Waals surface area contributed by atoms with Gasteiger partial charge in [0.1, 0.15) is 0 Å². The van der Waals surface area contributed by atoms with Crippen LogP contribution in [0.4, 0.5) is 0 Å². The third kappa shape index (κ3) is 4.80. The maximum atomic E-state index is 6.00. The molecule has 2 N–H and O–H groups in total. The molecule has 0 amide bonds. The lowest BCUT2D eigenvalue weighted by Gasteiger charge is -2.61. The third-order valence-corrected chi connectivity index (χ3v) is 7.67. The summed E-state index contributed by atoms with van der Waals surface area (Å²) in [5.74, 6) is 0.978. The van der Waals surface area contributed by atoms with Crippen LogP contribution in [0.1, 0.15) is 64.0 Å². The van der Waals surface area contributed by atoms with Gasteiger partial charge in [0.25, 0.3) is 0 Å². The van der Waals surface area contributed by atoms with Gasteiger partial charge >= 0.3 is 0 Å². The van der Waals surface area contributed by atoms with E-state index in [0.717, 1.165) is 44.9 Å². The fraction of sp³-hybridized carbons (Fsp3) is 0.708. The molecule has 30 heavy (non-hydrogen) atoms. The van der Waals surface area contributed by atoms with Crippen molar-refractivity contribution in [2.45, 2.75) is 76.6 Å². The Labute approximate surface area is 199 Å². The van der Waals surface area contributed by atoms with Gasteiger partial charge in [-0.15, -0.1) is 24.0 Å². The normalized spacial score (nSPS) is 27.5. The summed E-state index contributed by atoms with van der Waals surface area (Å²) >= 11 is 0. The first-order valence-electron chi connectivity index (χ1n) is 11.6. The molecule has 0 radical (unpaired) electrons. The van der Waals surface area contributed by atoms with Gasteiger partial charge in [0.05, 0.1) is 6.10 Å². The summed E-state index contributed by atoms with van der Waals surface area (Å²) in [6, 6.07) is 12.4. The Morgan fingerprint density at radius 1 is 1.20 bits per heavy atom. The van der Waals surface area contributed by atoms with Crippen LogP contribution in [-0.2, 0) is 4.74 Å². The monoisotopic (exact) mass is 526 g/mol. The van der Waals surface area contributed by atoms with E-state index in [0.29, 0.717) is 29.6 Å². The van der Waals surface area contributed by atoms with Crippen LogP contribution in [0.2, 0.25) is 0 Å². The van der Waals surface area contributed by atoms with Gasteiger partial charge in [0, 0.05) is 50.3 Å². The Bertz CT molecular complexity index is 686. The molecule has 0 bridgehead atoms. The summed E-state index contributed by atoms with van der Waals surface area (Å²) < 4.78 is 6.00. The number of hydrogen-bond donors (Lipinski definition) is 2. The number of rotatable bonds is 6. The molecule has 1 spiro atoms. The summed E-state index contributed by atoms with van der Waals surface area (Å²) in [6.45, 7) is 7.52. The van der Waals surface area contributed by atoms with Gasteiger partial charge in [-0.1, -0.05) is 36.8 Å². The number of hydrogen-bond acceptors (Lipinski definition) is 3. The molecular formula is C24H39IN4O. The van der Waals surface area contributed by atoms with E-state index in [1.807, 2.05) is 7.05 Å². The molecule has 1 aromatic carbocycles. The van der Waals surface area contributed by atoms with Gasteiger partial charge in [-0.25, -0.2) is 0 Å². The van der Waals surface area contributed by atoms with Crippen molar-refractivity contribution >= 4 is 29.9 Å². The standard InChI is InChI=1S/C24H38N4O.HI/c1-4-29-22-17-21(24(22)13-8-14-24)27-23(25-3)26-20-11-15-28(16-12-20)18(2)19-9-6-5-7-10-19;/h5-7,9-10,18,20-22H,4,8,11-17H2,1-3H3,(H2,25,26,27);1H. The molecule has 3 atom stereocenters. The lowest BCUT2D eigenvalue weighted by atomic mass is 9.51. The lowest BCUT2D eigenvalue weighted by Crippen LogP contribution is -2.69. The Morgan fingerprint density at radius 2 is 1.90 bits per heavy atom. The largest absolute Gasteiger partial charge is 0.378 e. The summed E-state index contributed by atoms with van der Waals surface area (Å²) in [5.41, 5.74) is 1.78. The van der Waals surface area contributed by atoms with E-state index in [1.54, 1.807) is 0 Å². The fourth-order valence-corrected chi connectivity index (χ4v) is 5.54. The minimum atomic E-state index is 0. The van der Waals surface area contributed by atoms with E-state index in [9.17, 15) is 0 Å². The predicted octanol–water partition coefficient (Wildman–Crippen LogP) is 4.34. The van der Waals surface area contributed by atoms with Gasteiger partial charge in [0.15, 0.2) is 5.96 Å². The first kappa shape index (κ1) is 23.8. The van der Waals surface area contributed by atoms with Gasteiger partial charge in [0.2, 0.25) is 0 Å². The molecule has 1 aromatic rings. The molecule has 4 rings (SSSR count). The van der Waals surface area contributed by atoms with Gasteiger partial charge in [-0.05, 0) is 51.5 Å². The van der Waals surface area contributed by atoms with Crippen molar-refractivity contribution in [3.8, 4) is 0 Å². The molecule has 5 nitrogen and oxygen atoms in total. The molecule has 168 valence electrons. The third-order valence-electron chi connectivity index (χ3n) is 7.67. The van der Waals surface area contributed by atoms with Crippen LogP contribution < -0.4 is 10.6 Å². The SMILES string of the molecule is CCOC1CC(NC(=NC)NC2CCN(C(C)c3ccccc3)CC2)C12CCC2.I. The predicted molar refractivity (Wildman–Crippen MR) is 135 cm³/mol. The molecule has 3 fully saturated rings. The van der Waals surface area contributed by atoms with Crippen LogP contribution >= 0.6 is 24.0 Å². The zero-order chi connectivity index (χ0) is 20.3. The quantitative estimate of drug-likeness (QED) is 0.329. The summed E-state index contributed by atoms with van der Waals surface area (Å²) in [4.78, 5) is 7.14. The fourth-order valence-electron chi connectivity index (χ4n) is 5.54. The van der Waals surface area contributed by atoms with Crippen LogP contribution in [0.15, 0.2) is 35.3 Å². The minimum Gasteiger partial charge on any atom is -0.378 e. The van der Waals surface area contributed by atoms with E-state index in [1.165, 1.54) is 24.8 Å². The Morgan fingerprint density at radius 3 is 2.47 bits per heavy atom. The molecular weight excluding hydrogens is 487 g/mol. The highest BCUT2D eigenvalue weighted by Gasteiger charge is 2.59. The van der Waals surface area contributed by atoms with Crippen LogP contribution in [0.25, 0.3) is 0 Å². The van der Waals surface area contributed by atoms with Crippen molar-refractivity contribution in [2.24, 2.45) is 10.4 Å². The van der Waals surface area contributed by atoms with Crippen molar-refractivity contribution in [1.29, 1.82) is 0 Å². The van der Waals surface area contributed by atoms with Crippen LogP contribution in [0.5, 0.6) is 0 Å². The number of nitrogens with zero attached hydrogens (tertiary/aromatic N) is 2. The summed E-state index contributed by atoms with van der Waals surface area (Å²) in [5, 5.41) is 7.44. The number of guanidine groups is 1. The molecule has 1 saturated heterocycles. The Kier molecular flexibility index (Phi) is 8.44. The number of aliphatic imine (C=N–C) groups is 1. The number of benzene rings is 1. The van der Waals surface area contributed by atoms with Crippen molar-refractivity contribution in [2.75, 3.05) is 26.7 Å². The zero-order valence-corrected chi connectivity index (χ0v) is 21.1. The van der Waals surface area contributed by atoms with Crippen LogP contribution in [-0.4, -0.2) is 55.8 Å². The number of piperidine rings is 1. The van der Waals surface area contributed by atoms with Gasteiger partial charge in [-0.3, -0.25) is 9.89 Å². The van der Waals surface area contributed by atoms with Crippen molar-refractivity contribution < 1.29 is 4.74 Å². The second-order valence-electron chi connectivity index (χ2n) is 9.08. The molecule has 0 aromatic heterocycles. The average Bonchev–Trinajstić information content (AvgIpc) is 2.71. The first-order chi connectivity index (χ1) is 14.2. The molecule has 1 heterocycles. The van der Waals surface area contributed by atoms with E-state index in [-0.39, 0.29) is 24.0 Å². The second-order valence-corrected chi connectivity index (χ2v) is 9.08. The number of ether oxygens (including phenoxy) is 1. The highest BCUT2D eigenvalue weighted by Crippen LogP contribution is 2.57. The van der Waals surface area contributed by atoms with E-state index >= 15 is 0 Å². The molecule has 2 aliphatic carbocycles. The van der Waals surface area contributed by atoms with Gasteiger partial charge < -0.3 is 15.4 Å². The smallest absolute Gasteiger partial charge is 0.191 e. The summed E-state index contributed by atoms with van der Waals surface area (Å²) in [7, 11) is 1.90. The van der Waals surface area contributed by atoms with E-state index in [2.05, 4.69) is 64.7 Å². The zero-order valence-electron chi connectivity index (χ0n) is 18.8. The van der Waals surface area contributed by atoms with Crippen molar-refractivity contribution in [3.63, 3.8) is 0 Å². The van der Waals surface area contributed by atoms with E-state index in [4.69, 9.17) is 4.74 Å². The molecule has 1 aliphatic heterocycles. The summed E-state index contributed by atoms with van der Waals surface area (Å²) in [6.07, 6.45) is 7.81. The second kappa shape index (κ2) is 10.6.